The Morgan fingerprint density at radius 2 is 2.00 bits per heavy atom. The van der Waals surface area contributed by atoms with Gasteiger partial charge in [-0.1, -0.05) is 23.2 Å². The third-order valence-electron chi connectivity index (χ3n) is 3.03. The number of hydrogen-bond donors (Lipinski definition) is 2. The minimum Gasteiger partial charge on any atom is -0.494 e. The summed E-state index contributed by atoms with van der Waals surface area (Å²) >= 11 is 11.9. The van der Waals surface area contributed by atoms with E-state index in [0.717, 1.165) is 0 Å². The van der Waals surface area contributed by atoms with E-state index in [4.69, 9.17) is 42.3 Å². The number of hydroxylamine groups is 1. The maximum atomic E-state index is 12.3. The highest BCUT2D eigenvalue weighted by Gasteiger charge is 2.25. The van der Waals surface area contributed by atoms with Crippen LogP contribution < -0.4 is 10.2 Å². The summed E-state index contributed by atoms with van der Waals surface area (Å²) in [5, 5.41) is 9.42. The zero-order valence-corrected chi connectivity index (χ0v) is 13.9. The van der Waals surface area contributed by atoms with E-state index >= 15 is 0 Å². The van der Waals surface area contributed by atoms with Crippen molar-refractivity contribution >= 4 is 35.1 Å². The summed E-state index contributed by atoms with van der Waals surface area (Å²) in [6.07, 6.45) is -0.00373. The molecule has 1 unspecified atom stereocenters. The number of nitrogens with one attached hydrogen (secondary N) is 1. The van der Waals surface area contributed by atoms with Crippen molar-refractivity contribution in [3.8, 4) is 5.75 Å². The molecule has 128 valence electrons. The molecule has 9 heteroatoms. The number of aliphatic carboxylic acids is 1. The Bertz CT molecular complexity index is 732. The van der Waals surface area contributed by atoms with Crippen LogP contribution in [-0.4, -0.2) is 30.2 Å². The van der Waals surface area contributed by atoms with E-state index < -0.39 is 18.0 Å². The number of rotatable bonds is 7. The summed E-state index contributed by atoms with van der Waals surface area (Å²) < 4.78 is 10.1. The number of hydrogen-bond acceptors (Lipinski definition) is 5. The topological polar surface area (TPSA) is 98.0 Å². The predicted molar refractivity (Wildman–Crippen MR) is 85.4 cm³/mol. The van der Waals surface area contributed by atoms with Crippen LogP contribution in [-0.2, 0) is 16.1 Å². The molecule has 0 saturated carbocycles. The average Bonchev–Trinajstić information content (AvgIpc) is 3.05. The van der Waals surface area contributed by atoms with Crippen LogP contribution in [0, 0.1) is 0 Å². The summed E-state index contributed by atoms with van der Waals surface area (Å²) in [5.41, 5.74) is 1.99. The van der Waals surface area contributed by atoms with Gasteiger partial charge in [-0.15, -0.1) is 0 Å². The first-order valence-electron chi connectivity index (χ1n) is 6.67. The van der Waals surface area contributed by atoms with Gasteiger partial charge in [0.1, 0.15) is 11.3 Å². The van der Waals surface area contributed by atoms with Crippen LogP contribution in [0.4, 0.5) is 0 Å². The highest BCUT2D eigenvalue weighted by molar-refractivity contribution is 6.37. The van der Waals surface area contributed by atoms with E-state index in [9.17, 15) is 9.59 Å². The first-order valence-corrected chi connectivity index (χ1v) is 7.42. The van der Waals surface area contributed by atoms with Gasteiger partial charge in [-0.05, 0) is 24.3 Å². The van der Waals surface area contributed by atoms with E-state index in [2.05, 4.69) is 5.48 Å². The lowest BCUT2D eigenvalue weighted by molar-refractivity contribution is -0.154. The lowest BCUT2D eigenvalue weighted by atomic mass is 10.2. The Labute approximate surface area is 147 Å². The number of carbonyl (C=O) groups is 2. The molecule has 0 aliphatic heterocycles. The van der Waals surface area contributed by atoms with Crippen LogP contribution in [0.15, 0.2) is 34.9 Å². The number of methoxy groups -OCH3 is 1. The van der Waals surface area contributed by atoms with Gasteiger partial charge in [-0.25, -0.2) is 10.3 Å². The minimum absolute atomic E-state index is 0.0585. The van der Waals surface area contributed by atoms with E-state index in [1.165, 1.54) is 25.5 Å². The molecule has 0 aliphatic carbocycles. The standard InChI is InChI=1S/C15H13Cl2NO6/c1-22-13-10(17)5-4-9(16)12(13)14(19)18-24-11(15(20)21)7-8-3-2-6-23-8/h2-6,11H,7H2,1H3,(H,18,19)(H,20,21). The highest BCUT2D eigenvalue weighted by Crippen LogP contribution is 2.33. The number of benzene rings is 1. The molecule has 0 spiro atoms. The normalized spacial score (nSPS) is 11.8. The predicted octanol–water partition coefficient (Wildman–Crippen LogP) is 2.95. The fourth-order valence-corrected chi connectivity index (χ4v) is 2.38. The smallest absolute Gasteiger partial charge is 0.336 e. The number of ether oxygens (including phenoxy) is 1. The van der Waals surface area contributed by atoms with Crippen molar-refractivity contribution in [3.63, 3.8) is 0 Å². The number of carboxylic acid groups (broad SMARTS) is 1. The molecule has 1 amide bonds. The molecule has 0 saturated heterocycles. The molecule has 0 fully saturated rings. The van der Waals surface area contributed by atoms with Gasteiger partial charge in [0.05, 0.1) is 23.4 Å². The summed E-state index contributed by atoms with van der Waals surface area (Å²) in [6, 6.07) is 6.09. The molecular weight excluding hydrogens is 361 g/mol. The van der Waals surface area contributed by atoms with Gasteiger partial charge in [0.25, 0.3) is 5.91 Å². The second-order valence-corrected chi connectivity index (χ2v) is 5.41. The molecule has 2 aromatic rings. The number of carbonyl (C=O) groups excluding carboxylic acids is 1. The lowest BCUT2D eigenvalue weighted by Gasteiger charge is -2.15. The first-order chi connectivity index (χ1) is 11.4. The summed E-state index contributed by atoms with van der Waals surface area (Å²) in [6.45, 7) is 0. The van der Waals surface area contributed by atoms with Crippen LogP contribution in [0.5, 0.6) is 5.75 Å². The van der Waals surface area contributed by atoms with Crippen molar-refractivity contribution in [1.29, 1.82) is 0 Å². The average molecular weight is 374 g/mol. The molecule has 0 bridgehead atoms. The molecular formula is C15H13Cl2NO6. The summed E-state index contributed by atoms with van der Waals surface area (Å²) in [4.78, 5) is 28.5. The Morgan fingerprint density at radius 1 is 1.29 bits per heavy atom. The maximum Gasteiger partial charge on any atom is 0.336 e. The zero-order chi connectivity index (χ0) is 17.7. The van der Waals surface area contributed by atoms with Gasteiger partial charge in [0.15, 0.2) is 11.9 Å². The quantitative estimate of drug-likeness (QED) is 0.724. The Kier molecular flexibility index (Phi) is 6.08. The van der Waals surface area contributed by atoms with Gasteiger partial charge in [0, 0.05) is 6.42 Å². The molecule has 2 rings (SSSR count). The molecule has 1 heterocycles. The summed E-state index contributed by atoms with van der Waals surface area (Å²) in [5.74, 6) is -1.60. The maximum absolute atomic E-state index is 12.3. The van der Waals surface area contributed by atoms with Gasteiger partial charge in [-0.3, -0.25) is 9.63 Å². The third-order valence-corrected chi connectivity index (χ3v) is 3.64. The van der Waals surface area contributed by atoms with Crippen LogP contribution in [0.1, 0.15) is 16.1 Å². The molecule has 1 atom stereocenters. The molecule has 7 nitrogen and oxygen atoms in total. The van der Waals surface area contributed by atoms with Gasteiger partial charge in [-0.2, -0.15) is 0 Å². The molecule has 0 aliphatic rings. The van der Waals surface area contributed by atoms with Gasteiger partial charge >= 0.3 is 5.97 Å². The van der Waals surface area contributed by atoms with Crippen molar-refractivity contribution in [2.75, 3.05) is 7.11 Å². The van der Waals surface area contributed by atoms with Crippen LogP contribution in [0.3, 0.4) is 0 Å². The Morgan fingerprint density at radius 3 is 2.58 bits per heavy atom. The Hall–Kier alpha value is -2.22. The number of carboxylic acids is 1. The fourth-order valence-electron chi connectivity index (χ4n) is 1.91. The number of halogens is 2. The number of amides is 1. The van der Waals surface area contributed by atoms with Crippen LogP contribution in [0.2, 0.25) is 10.0 Å². The fraction of sp³-hybridized carbons (Fsp3) is 0.200. The zero-order valence-electron chi connectivity index (χ0n) is 12.4. The van der Waals surface area contributed by atoms with E-state index in [1.54, 1.807) is 12.1 Å². The van der Waals surface area contributed by atoms with Gasteiger partial charge < -0.3 is 14.3 Å². The largest absolute Gasteiger partial charge is 0.494 e. The van der Waals surface area contributed by atoms with Crippen LogP contribution in [0.25, 0.3) is 0 Å². The molecule has 1 aromatic heterocycles. The minimum atomic E-state index is -1.34. The molecule has 24 heavy (non-hydrogen) atoms. The number of furan rings is 1. The van der Waals surface area contributed by atoms with Crippen molar-refractivity contribution in [2.24, 2.45) is 0 Å². The van der Waals surface area contributed by atoms with E-state index in [0.29, 0.717) is 5.76 Å². The van der Waals surface area contributed by atoms with Crippen molar-refractivity contribution < 1.29 is 28.7 Å². The molecule has 1 aromatic carbocycles. The highest BCUT2D eigenvalue weighted by atomic mass is 35.5. The second-order valence-electron chi connectivity index (χ2n) is 4.60. The Balaban J connectivity index is 2.11. The summed E-state index contributed by atoms with van der Waals surface area (Å²) in [7, 11) is 1.33. The monoisotopic (exact) mass is 373 g/mol. The van der Waals surface area contributed by atoms with Crippen molar-refractivity contribution in [3.05, 3.63) is 51.9 Å². The van der Waals surface area contributed by atoms with Crippen molar-refractivity contribution in [1.82, 2.24) is 5.48 Å². The lowest BCUT2D eigenvalue weighted by Crippen LogP contribution is -2.36. The van der Waals surface area contributed by atoms with Crippen LogP contribution >= 0.6 is 23.2 Å². The van der Waals surface area contributed by atoms with Gasteiger partial charge in [0.2, 0.25) is 0 Å². The third kappa shape index (κ3) is 4.19. The molecule has 2 N–H and O–H groups in total. The van der Waals surface area contributed by atoms with E-state index in [1.807, 2.05) is 0 Å². The SMILES string of the molecule is COc1c(Cl)ccc(Cl)c1C(=O)NOC(Cc1ccco1)C(=O)O. The second kappa shape index (κ2) is 8.05. The first kappa shape index (κ1) is 18.1. The van der Waals surface area contributed by atoms with E-state index in [-0.39, 0.29) is 27.8 Å². The molecule has 0 radical (unpaired) electrons. The van der Waals surface area contributed by atoms with Crippen molar-refractivity contribution in [2.45, 2.75) is 12.5 Å².